The molecule has 0 saturated carbocycles. The zero-order valence-corrected chi connectivity index (χ0v) is 13.3. The lowest BCUT2D eigenvalue weighted by atomic mass is 9.77. The smallest absolute Gasteiger partial charge is 0.320 e. The number of ether oxygens (including phenoxy) is 3. The average Bonchev–Trinajstić information content (AvgIpc) is 2.48. The van der Waals surface area contributed by atoms with Gasteiger partial charge in [0.15, 0.2) is 5.92 Å². The van der Waals surface area contributed by atoms with Gasteiger partial charge in [-0.25, -0.2) is 0 Å². The van der Waals surface area contributed by atoms with Crippen LogP contribution in [0.5, 0.6) is 0 Å². The maximum absolute atomic E-state index is 12.2. The SMILES string of the molecule is CCOC(=O)C(C(=O)OCC)C1CC(C)(C)OC1(C)C. The summed E-state index contributed by atoms with van der Waals surface area (Å²) in [5.41, 5.74) is -0.945. The molecule has 0 aromatic heterocycles. The zero-order chi connectivity index (χ0) is 15.6. The minimum atomic E-state index is -0.924. The summed E-state index contributed by atoms with van der Waals surface area (Å²) in [5, 5.41) is 0. The fourth-order valence-electron chi connectivity index (χ4n) is 3.01. The first kappa shape index (κ1) is 17.0. The quantitative estimate of drug-likeness (QED) is 0.573. The second-order valence-electron chi connectivity index (χ2n) is 6.26. The van der Waals surface area contributed by atoms with Gasteiger partial charge in [-0.1, -0.05) is 0 Å². The van der Waals surface area contributed by atoms with Crippen LogP contribution < -0.4 is 0 Å². The second-order valence-corrected chi connectivity index (χ2v) is 6.26. The lowest BCUT2D eigenvalue weighted by molar-refractivity contribution is -0.168. The maximum atomic E-state index is 12.2. The molecule has 1 rings (SSSR count). The van der Waals surface area contributed by atoms with Crippen molar-refractivity contribution < 1.29 is 23.8 Å². The Kier molecular flexibility index (Phi) is 5.19. The van der Waals surface area contributed by atoms with Crippen molar-refractivity contribution in [2.75, 3.05) is 13.2 Å². The van der Waals surface area contributed by atoms with Crippen LogP contribution in [0.15, 0.2) is 0 Å². The molecule has 1 saturated heterocycles. The minimum Gasteiger partial charge on any atom is -0.465 e. The molecule has 1 aliphatic heterocycles. The van der Waals surface area contributed by atoms with Gasteiger partial charge in [0.25, 0.3) is 0 Å². The van der Waals surface area contributed by atoms with Gasteiger partial charge < -0.3 is 14.2 Å². The Morgan fingerprint density at radius 2 is 1.55 bits per heavy atom. The van der Waals surface area contributed by atoms with Crippen LogP contribution in [0.1, 0.15) is 48.0 Å². The van der Waals surface area contributed by atoms with Crippen LogP contribution in [0.2, 0.25) is 0 Å². The highest BCUT2D eigenvalue weighted by Crippen LogP contribution is 2.46. The molecule has 0 spiro atoms. The van der Waals surface area contributed by atoms with Gasteiger partial charge in [0.05, 0.1) is 24.4 Å². The molecular formula is C15H26O5. The first-order chi connectivity index (χ1) is 9.14. The van der Waals surface area contributed by atoms with Crippen LogP contribution in [-0.2, 0) is 23.8 Å². The Labute approximate surface area is 121 Å². The number of esters is 2. The molecule has 5 heteroatoms. The Morgan fingerprint density at radius 3 is 1.85 bits per heavy atom. The molecule has 0 amide bonds. The van der Waals surface area contributed by atoms with Gasteiger partial charge in [-0.3, -0.25) is 9.59 Å². The average molecular weight is 286 g/mol. The number of hydrogen-bond acceptors (Lipinski definition) is 5. The van der Waals surface area contributed by atoms with Crippen molar-refractivity contribution in [1.29, 1.82) is 0 Å². The van der Waals surface area contributed by atoms with Gasteiger partial charge in [0.2, 0.25) is 0 Å². The second kappa shape index (κ2) is 6.12. The summed E-state index contributed by atoms with van der Waals surface area (Å²) in [6, 6.07) is 0. The summed E-state index contributed by atoms with van der Waals surface area (Å²) < 4.78 is 16.1. The first-order valence-electron chi connectivity index (χ1n) is 7.18. The van der Waals surface area contributed by atoms with E-state index in [-0.39, 0.29) is 24.7 Å². The molecule has 0 radical (unpaired) electrons. The van der Waals surface area contributed by atoms with Crippen molar-refractivity contribution in [2.24, 2.45) is 11.8 Å². The van der Waals surface area contributed by atoms with Crippen LogP contribution >= 0.6 is 0 Å². The van der Waals surface area contributed by atoms with Crippen molar-refractivity contribution in [3.63, 3.8) is 0 Å². The van der Waals surface area contributed by atoms with Crippen LogP contribution in [0.3, 0.4) is 0 Å². The molecule has 1 unspecified atom stereocenters. The highest BCUT2D eigenvalue weighted by Gasteiger charge is 2.54. The molecular weight excluding hydrogens is 260 g/mol. The van der Waals surface area contributed by atoms with E-state index in [4.69, 9.17) is 14.2 Å². The molecule has 0 aromatic rings. The molecule has 5 nitrogen and oxygen atoms in total. The lowest BCUT2D eigenvalue weighted by Crippen LogP contribution is -2.42. The Morgan fingerprint density at radius 1 is 1.10 bits per heavy atom. The van der Waals surface area contributed by atoms with Crippen molar-refractivity contribution >= 4 is 11.9 Å². The zero-order valence-electron chi connectivity index (χ0n) is 13.3. The van der Waals surface area contributed by atoms with E-state index >= 15 is 0 Å². The summed E-state index contributed by atoms with van der Waals surface area (Å²) in [4.78, 5) is 24.3. The van der Waals surface area contributed by atoms with E-state index in [1.54, 1.807) is 13.8 Å². The van der Waals surface area contributed by atoms with Crippen LogP contribution in [-0.4, -0.2) is 36.4 Å². The van der Waals surface area contributed by atoms with Gasteiger partial charge >= 0.3 is 11.9 Å². The van der Waals surface area contributed by atoms with E-state index in [1.807, 2.05) is 27.7 Å². The van der Waals surface area contributed by atoms with E-state index in [0.717, 1.165) is 0 Å². The van der Waals surface area contributed by atoms with E-state index < -0.39 is 23.5 Å². The molecule has 1 fully saturated rings. The van der Waals surface area contributed by atoms with E-state index in [0.29, 0.717) is 6.42 Å². The fraction of sp³-hybridized carbons (Fsp3) is 0.867. The largest absolute Gasteiger partial charge is 0.465 e. The molecule has 1 heterocycles. The standard InChI is InChI=1S/C15H26O5/c1-7-18-12(16)11(13(17)19-8-2)10-9-14(3,4)20-15(10,5)6/h10-11H,7-9H2,1-6H3. The molecule has 0 aromatic carbocycles. The minimum absolute atomic E-state index is 0.242. The summed E-state index contributed by atoms with van der Waals surface area (Å²) >= 11 is 0. The maximum Gasteiger partial charge on any atom is 0.320 e. The van der Waals surface area contributed by atoms with Gasteiger partial charge in [-0.2, -0.15) is 0 Å². The van der Waals surface area contributed by atoms with Gasteiger partial charge in [-0.15, -0.1) is 0 Å². The molecule has 0 N–H and O–H groups in total. The third kappa shape index (κ3) is 3.72. The third-order valence-corrected chi connectivity index (χ3v) is 3.63. The molecule has 0 aliphatic carbocycles. The number of carbonyl (C=O) groups is 2. The molecule has 20 heavy (non-hydrogen) atoms. The normalized spacial score (nSPS) is 23.6. The van der Waals surface area contributed by atoms with Crippen LogP contribution in [0.4, 0.5) is 0 Å². The molecule has 0 bridgehead atoms. The third-order valence-electron chi connectivity index (χ3n) is 3.63. The summed E-state index contributed by atoms with van der Waals surface area (Å²) in [7, 11) is 0. The summed E-state index contributed by atoms with van der Waals surface area (Å²) in [6.07, 6.45) is 0.613. The van der Waals surface area contributed by atoms with Gasteiger partial charge in [-0.05, 0) is 48.0 Å². The highest BCUT2D eigenvalue weighted by molar-refractivity contribution is 5.95. The Bertz CT molecular complexity index is 354. The number of carbonyl (C=O) groups excluding carboxylic acids is 2. The topological polar surface area (TPSA) is 61.8 Å². The monoisotopic (exact) mass is 286 g/mol. The molecule has 116 valence electrons. The van der Waals surface area contributed by atoms with E-state index in [9.17, 15) is 9.59 Å². The van der Waals surface area contributed by atoms with Crippen molar-refractivity contribution in [1.82, 2.24) is 0 Å². The van der Waals surface area contributed by atoms with Crippen molar-refractivity contribution in [2.45, 2.75) is 59.2 Å². The number of rotatable bonds is 5. The first-order valence-corrected chi connectivity index (χ1v) is 7.18. The highest BCUT2D eigenvalue weighted by atomic mass is 16.6. The van der Waals surface area contributed by atoms with Gasteiger partial charge in [0.1, 0.15) is 0 Å². The van der Waals surface area contributed by atoms with Gasteiger partial charge in [0, 0.05) is 5.92 Å². The van der Waals surface area contributed by atoms with Crippen LogP contribution in [0, 0.1) is 11.8 Å². The molecule has 1 aliphatic rings. The predicted molar refractivity (Wildman–Crippen MR) is 74.1 cm³/mol. The summed E-state index contributed by atoms with van der Waals surface area (Å²) in [5.74, 6) is -2.22. The van der Waals surface area contributed by atoms with E-state index in [1.165, 1.54) is 0 Å². The van der Waals surface area contributed by atoms with Crippen LogP contribution in [0.25, 0.3) is 0 Å². The molecule has 1 atom stereocenters. The lowest BCUT2D eigenvalue weighted by Gasteiger charge is -2.30. The van der Waals surface area contributed by atoms with Crippen molar-refractivity contribution in [3.8, 4) is 0 Å². The Hall–Kier alpha value is -1.10. The summed E-state index contributed by atoms with van der Waals surface area (Å²) in [6.45, 7) is 11.7. The predicted octanol–water partition coefficient (Wildman–Crippen LogP) is 2.32. The fourth-order valence-corrected chi connectivity index (χ4v) is 3.01. The Balaban J connectivity index is 3.04. The van der Waals surface area contributed by atoms with Crippen molar-refractivity contribution in [3.05, 3.63) is 0 Å². The van der Waals surface area contributed by atoms with E-state index in [2.05, 4.69) is 0 Å². The number of hydrogen-bond donors (Lipinski definition) is 0.